The van der Waals surface area contributed by atoms with Gasteiger partial charge in [0.05, 0.1) is 45.7 Å². The molecule has 3 aliphatic heterocycles. The maximum Gasteiger partial charge on any atom is 0.232 e. The Balaban J connectivity index is 1.42. The van der Waals surface area contributed by atoms with Crippen molar-refractivity contribution in [1.29, 1.82) is 0 Å². The van der Waals surface area contributed by atoms with Gasteiger partial charge in [-0.1, -0.05) is 0 Å². The molecule has 0 unspecified atom stereocenters. The number of fused-ring (bicyclic) bond motifs is 3. The summed E-state index contributed by atoms with van der Waals surface area (Å²) in [6.07, 6.45) is 1.69. The van der Waals surface area contributed by atoms with Gasteiger partial charge < -0.3 is 28.4 Å². The van der Waals surface area contributed by atoms with Crippen LogP contribution in [-0.4, -0.2) is 83.0 Å². The van der Waals surface area contributed by atoms with Crippen molar-refractivity contribution >= 4 is 11.9 Å². The zero-order valence-corrected chi connectivity index (χ0v) is 21.2. The van der Waals surface area contributed by atoms with Crippen LogP contribution in [0.1, 0.15) is 27.0 Å². The number of rotatable bonds is 7. The Morgan fingerprint density at radius 1 is 1.00 bits per heavy atom. The summed E-state index contributed by atoms with van der Waals surface area (Å²) in [5.41, 5.74) is 2.97. The lowest BCUT2D eigenvalue weighted by atomic mass is 9.98. The summed E-state index contributed by atoms with van der Waals surface area (Å²) < 4.78 is 34.2. The van der Waals surface area contributed by atoms with E-state index in [2.05, 4.69) is 9.80 Å². The van der Waals surface area contributed by atoms with Crippen LogP contribution in [0.4, 0.5) is 0 Å². The van der Waals surface area contributed by atoms with Crippen LogP contribution in [-0.2, 0) is 11.3 Å². The number of nitrogens with zero attached hydrogens (tertiary/aromatic N) is 2. The fraction of sp³-hybridized carbons (Fsp3) is 0.444. The van der Waals surface area contributed by atoms with Crippen molar-refractivity contribution in [1.82, 2.24) is 9.80 Å². The predicted molar refractivity (Wildman–Crippen MR) is 133 cm³/mol. The molecule has 2 aromatic rings. The second-order valence-corrected chi connectivity index (χ2v) is 9.02. The van der Waals surface area contributed by atoms with Gasteiger partial charge in [-0.3, -0.25) is 14.6 Å². The number of ether oxygens (including phenoxy) is 6. The van der Waals surface area contributed by atoms with Crippen LogP contribution in [0.3, 0.4) is 0 Å². The van der Waals surface area contributed by atoms with Crippen molar-refractivity contribution in [2.75, 3.05) is 67.5 Å². The SMILES string of the molecule is COc1ccc(/C=C2\Oc3c4c(cc(C)c3C2=O)OCN(CCN2CCOCC2)C4)c(OC)c1OC. The Hall–Kier alpha value is -3.27. The molecule has 0 aliphatic carbocycles. The van der Waals surface area contributed by atoms with E-state index in [1.54, 1.807) is 33.5 Å². The van der Waals surface area contributed by atoms with Gasteiger partial charge in [-0.25, -0.2) is 0 Å². The minimum Gasteiger partial charge on any atom is -0.493 e. The summed E-state index contributed by atoms with van der Waals surface area (Å²) in [5, 5.41) is 0. The molecule has 1 fully saturated rings. The minimum atomic E-state index is -0.160. The van der Waals surface area contributed by atoms with Gasteiger partial charge in [0.2, 0.25) is 11.5 Å². The van der Waals surface area contributed by atoms with Gasteiger partial charge in [0.25, 0.3) is 0 Å². The minimum absolute atomic E-state index is 0.160. The molecule has 0 atom stereocenters. The summed E-state index contributed by atoms with van der Waals surface area (Å²) in [5.74, 6) is 2.88. The molecule has 1 saturated heterocycles. The van der Waals surface area contributed by atoms with Gasteiger partial charge in [-0.2, -0.15) is 0 Å². The molecule has 3 aliphatic rings. The average molecular weight is 497 g/mol. The van der Waals surface area contributed by atoms with Gasteiger partial charge >= 0.3 is 0 Å². The highest BCUT2D eigenvalue weighted by atomic mass is 16.5. The highest BCUT2D eigenvalue weighted by Crippen LogP contribution is 2.45. The van der Waals surface area contributed by atoms with Crippen LogP contribution < -0.4 is 23.7 Å². The molecule has 0 bridgehead atoms. The molecule has 0 radical (unpaired) electrons. The molecule has 192 valence electrons. The van der Waals surface area contributed by atoms with Crippen LogP contribution in [0.5, 0.6) is 28.7 Å². The largest absolute Gasteiger partial charge is 0.493 e. The second-order valence-electron chi connectivity index (χ2n) is 9.02. The Morgan fingerprint density at radius 2 is 1.75 bits per heavy atom. The maximum atomic E-state index is 13.4. The van der Waals surface area contributed by atoms with E-state index in [1.807, 2.05) is 19.1 Å². The molecule has 0 N–H and O–H groups in total. The molecule has 0 amide bonds. The third-order valence-corrected chi connectivity index (χ3v) is 6.85. The lowest BCUT2D eigenvalue weighted by Crippen LogP contribution is -2.43. The number of methoxy groups -OCH3 is 3. The topological polar surface area (TPSA) is 78.9 Å². The van der Waals surface area contributed by atoms with Gasteiger partial charge in [0, 0.05) is 38.3 Å². The molecule has 0 spiro atoms. The fourth-order valence-electron chi connectivity index (χ4n) is 4.91. The van der Waals surface area contributed by atoms with Crippen LogP contribution >= 0.6 is 0 Å². The number of carbonyl (C=O) groups excluding carboxylic acids is 1. The fourth-order valence-corrected chi connectivity index (χ4v) is 4.91. The lowest BCUT2D eigenvalue weighted by Gasteiger charge is -2.33. The van der Waals surface area contributed by atoms with Crippen molar-refractivity contribution in [2.24, 2.45) is 0 Å². The Bertz CT molecular complexity index is 1190. The number of allylic oxidation sites excluding steroid dienone is 1. The lowest BCUT2D eigenvalue weighted by molar-refractivity contribution is 0.0239. The Kier molecular flexibility index (Phi) is 7.04. The third-order valence-electron chi connectivity index (χ3n) is 6.85. The highest BCUT2D eigenvalue weighted by Gasteiger charge is 2.36. The van der Waals surface area contributed by atoms with Gasteiger partial charge in [-0.05, 0) is 36.8 Å². The van der Waals surface area contributed by atoms with E-state index in [-0.39, 0.29) is 11.5 Å². The maximum absolute atomic E-state index is 13.4. The second kappa shape index (κ2) is 10.4. The van der Waals surface area contributed by atoms with E-state index < -0.39 is 0 Å². The van der Waals surface area contributed by atoms with Crippen molar-refractivity contribution in [3.05, 3.63) is 46.2 Å². The number of hydrogen-bond acceptors (Lipinski definition) is 9. The molecular formula is C27H32N2O7. The van der Waals surface area contributed by atoms with Gasteiger partial charge in [-0.15, -0.1) is 0 Å². The number of hydrogen-bond donors (Lipinski definition) is 0. The van der Waals surface area contributed by atoms with E-state index in [0.717, 1.165) is 56.3 Å². The number of benzene rings is 2. The Labute approximate surface area is 211 Å². The number of ketones is 1. The van der Waals surface area contributed by atoms with Gasteiger partial charge in [0.1, 0.15) is 18.2 Å². The van der Waals surface area contributed by atoms with Crippen LogP contribution in [0.15, 0.2) is 24.0 Å². The van der Waals surface area contributed by atoms with Crippen molar-refractivity contribution in [3.8, 4) is 28.7 Å². The van der Waals surface area contributed by atoms with E-state index in [1.165, 1.54) is 0 Å². The first kappa shape index (κ1) is 24.4. The zero-order chi connectivity index (χ0) is 25.2. The standard InChI is InChI=1S/C27H32N2O7/c1-17-13-21-19(15-29(16-35-21)8-7-28-9-11-34-12-10-28)26-23(17)24(30)22(36-26)14-18-5-6-20(31-2)27(33-4)25(18)32-3/h5-6,13-14H,7-12,15-16H2,1-4H3/b22-14-. The van der Waals surface area contributed by atoms with Crippen LogP contribution in [0, 0.1) is 6.92 Å². The number of aryl methyl sites for hydroxylation is 1. The van der Waals surface area contributed by atoms with E-state index in [9.17, 15) is 4.79 Å². The average Bonchev–Trinajstić information content (AvgIpc) is 3.24. The number of Topliss-reactive ketones (excluding diaryl/α,β-unsaturated/α-hetero) is 1. The molecule has 9 heteroatoms. The summed E-state index contributed by atoms with van der Waals surface area (Å²) in [6, 6.07) is 5.52. The normalized spacial score (nSPS) is 18.9. The molecule has 2 aromatic carbocycles. The first-order chi connectivity index (χ1) is 17.5. The smallest absolute Gasteiger partial charge is 0.232 e. The molecule has 9 nitrogen and oxygen atoms in total. The summed E-state index contributed by atoms with van der Waals surface area (Å²) in [4.78, 5) is 18.1. The number of carbonyl (C=O) groups is 1. The zero-order valence-electron chi connectivity index (χ0n) is 21.2. The first-order valence-corrected chi connectivity index (χ1v) is 12.1. The van der Waals surface area contributed by atoms with Crippen molar-refractivity contribution < 1.29 is 33.2 Å². The third kappa shape index (κ3) is 4.50. The summed E-state index contributed by atoms with van der Waals surface area (Å²) in [6.45, 7) is 8.34. The molecule has 36 heavy (non-hydrogen) atoms. The highest BCUT2D eigenvalue weighted by molar-refractivity contribution is 6.16. The summed E-state index contributed by atoms with van der Waals surface area (Å²) >= 11 is 0. The molecule has 0 saturated carbocycles. The van der Waals surface area contributed by atoms with Crippen molar-refractivity contribution in [3.63, 3.8) is 0 Å². The van der Waals surface area contributed by atoms with E-state index >= 15 is 0 Å². The quantitative estimate of drug-likeness (QED) is 0.537. The van der Waals surface area contributed by atoms with Gasteiger partial charge in [0.15, 0.2) is 17.3 Å². The predicted octanol–water partition coefficient (Wildman–Crippen LogP) is 3.12. The summed E-state index contributed by atoms with van der Waals surface area (Å²) in [7, 11) is 4.66. The molecular weight excluding hydrogens is 464 g/mol. The van der Waals surface area contributed by atoms with Crippen molar-refractivity contribution in [2.45, 2.75) is 13.5 Å². The molecule has 3 heterocycles. The number of morpholine rings is 1. The van der Waals surface area contributed by atoms with Crippen LogP contribution in [0.25, 0.3) is 6.08 Å². The van der Waals surface area contributed by atoms with Crippen LogP contribution in [0.2, 0.25) is 0 Å². The van der Waals surface area contributed by atoms with E-state index in [4.69, 9.17) is 28.4 Å². The molecule has 0 aromatic heterocycles. The first-order valence-electron chi connectivity index (χ1n) is 12.1. The Morgan fingerprint density at radius 3 is 2.47 bits per heavy atom. The monoisotopic (exact) mass is 496 g/mol. The molecule has 5 rings (SSSR count). The van der Waals surface area contributed by atoms with E-state index in [0.29, 0.717) is 47.4 Å².